The quantitative estimate of drug-likeness (QED) is 0.481. The van der Waals surface area contributed by atoms with Gasteiger partial charge in [0, 0.05) is 24.4 Å². The van der Waals surface area contributed by atoms with Crippen LogP contribution in [0.3, 0.4) is 0 Å². The molecule has 0 bridgehead atoms. The van der Waals surface area contributed by atoms with Gasteiger partial charge < -0.3 is 5.32 Å². The molecule has 0 aliphatic rings. The molecule has 4 aromatic rings. The van der Waals surface area contributed by atoms with Gasteiger partial charge in [0.1, 0.15) is 5.82 Å². The minimum absolute atomic E-state index is 0.111. The molecular weight excluding hydrogens is 401 g/mol. The summed E-state index contributed by atoms with van der Waals surface area (Å²) in [6, 6.07) is 17.2. The number of aryl methyl sites for hydroxylation is 2. The topological polar surface area (TPSA) is 56.0 Å². The molecule has 1 unspecified atom stereocenters. The lowest BCUT2D eigenvalue weighted by molar-refractivity contribution is -0.121. The highest BCUT2D eigenvalue weighted by atomic mass is 32.1. The van der Waals surface area contributed by atoms with Crippen molar-refractivity contribution in [2.45, 2.75) is 32.5 Å². The fourth-order valence-electron chi connectivity index (χ4n) is 3.67. The van der Waals surface area contributed by atoms with Gasteiger partial charge in [-0.25, -0.2) is 9.18 Å². The molecule has 2 aromatic heterocycles. The number of halogens is 1. The third-order valence-corrected chi connectivity index (χ3v) is 6.08. The molecule has 0 aliphatic heterocycles. The van der Waals surface area contributed by atoms with Gasteiger partial charge >= 0.3 is 5.69 Å². The Hall–Kier alpha value is -3.19. The molecule has 7 heteroatoms. The second kappa shape index (κ2) is 8.67. The van der Waals surface area contributed by atoms with E-state index in [4.69, 9.17) is 0 Å². The van der Waals surface area contributed by atoms with Crippen LogP contribution in [0.2, 0.25) is 0 Å². The predicted molar refractivity (Wildman–Crippen MR) is 117 cm³/mol. The molecule has 0 aliphatic carbocycles. The molecule has 2 heterocycles. The predicted octanol–water partition coefficient (Wildman–Crippen LogP) is 4.32. The first-order valence-corrected chi connectivity index (χ1v) is 10.7. The van der Waals surface area contributed by atoms with E-state index >= 15 is 0 Å². The SMILES string of the molecule is CCn1c(=O)n(CCC(=O)NC(c2ccc(F)cc2)c2cccs2)c2ccccc21. The molecule has 0 saturated carbocycles. The summed E-state index contributed by atoms with van der Waals surface area (Å²) >= 11 is 1.53. The van der Waals surface area contributed by atoms with E-state index in [0.717, 1.165) is 21.5 Å². The lowest BCUT2D eigenvalue weighted by atomic mass is 10.1. The molecule has 0 saturated heterocycles. The molecule has 1 amide bonds. The number of para-hydroxylation sites is 2. The maximum Gasteiger partial charge on any atom is 0.329 e. The van der Waals surface area contributed by atoms with Gasteiger partial charge in [0.2, 0.25) is 5.91 Å². The van der Waals surface area contributed by atoms with Gasteiger partial charge in [0.25, 0.3) is 0 Å². The number of aromatic nitrogens is 2. The van der Waals surface area contributed by atoms with Crippen molar-refractivity contribution in [1.82, 2.24) is 14.5 Å². The first-order chi connectivity index (χ1) is 14.6. The summed E-state index contributed by atoms with van der Waals surface area (Å²) in [5, 5.41) is 4.98. The highest BCUT2D eigenvalue weighted by molar-refractivity contribution is 7.10. The minimum atomic E-state index is -0.355. The number of amides is 1. The van der Waals surface area contributed by atoms with Crippen molar-refractivity contribution >= 4 is 28.3 Å². The molecule has 30 heavy (non-hydrogen) atoms. The van der Waals surface area contributed by atoms with Crippen LogP contribution in [0, 0.1) is 5.82 Å². The number of imidazole rings is 1. The van der Waals surface area contributed by atoms with Crippen molar-refractivity contribution in [1.29, 1.82) is 0 Å². The standard InChI is InChI=1S/C23H22FN3O2S/c1-2-26-18-6-3-4-7-19(18)27(23(26)29)14-13-21(28)25-22(20-8-5-15-30-20)16-9-11-17(24)12-10-16/h3-12,15,22H,2,13-14H2,1H3,(H,25,28). The van der Waals surface area contributed by atoms with Gasteiger partial charge in [0.05, 0.1) is 17.1 Å². The number of hydrogen-bond donors (Lipinski definition) is 1. The number of hydrogen-bond acceptors (Lipinski definition) is 3. The Balaban J connectivity index is 1.54. The Kier molecular flexibility index (Phi) is 5.81. The summed E-state index contributed by atoms with van der Waals surface area (Å²) in [5.41, 5.74) is 2.39. The van der Waals surface area contributed by atoms with Crippen molar-refractivity contribution in [2.75, 3.05) is 0 Å². The number of benzene rings is 2. The van der Waals surface area contributed by atoms with Gasteiger partial charge in [-0.05, 0) is 48.2 Å². The lowest BCUT2D eigenvalue weighted by Crippen LogP contribution is -2.31. The van der Waals surface area contributed by atoms with Crippen LogP contribution in [0.15, 0.2) is 70.8 Å². The summed E-state index contributed by atoms with van der Waals surface area (Å²) < 4.78 is 16.7. The number of nitrogens with one attached hydrogen (secondary N) is 1. The number of carbonyl (C=O) groups excluding carboxylic acids is 1. The molecule has 154 valence electrons. The molecule has 0 fully saturated rings. The van der Waals surface area contributed by atoms with Crippen LogP contribution in [0.5, 0.6) is 0 Å². The highest BCUT2D eigenvalue weighted by Gasteiger charge is 2.19. The molecule has 4 rings (SSSR count). The normalized spacial score (nSPS) is 12.2. The van der Waals surface area contributed by atoms with Crippen LogP contribution < -0.4 is 11.0 Å². The van der Waals surface area contributed by atoms with Crippen LogP contribution in [0.1, 0.15) is 29.8 Å². The van der Waals surface area contributed by atoms with E-state index in [2.05, 4.69) is 5.32 Å². The van der Waals surface area contributed by atoms with E-state index in [1.165, 1.54) is 23.5 Å². The van der Waals surface area contributed by atoms with Gasteiger partial charge in [-0.15, -0.1) is 11.3 Å². The van der Waals surface area contributed by atoms with E-state index in [9.17, 15) is 14.0 Å². The smallest absolute Gasteiger partial charge is 0.329 e. The van der Waals surface area contributed by atoms with Crippen LogP contribution in [0.25, 0.3) is 11.0 Å². The van der Waals surface area contributed by atoms with Crippen LogP contribution >= 0.6 is 11.3 Å². The zero-order chi connectivity index (χ0) is 21.1. The van der Waals surface area contributed by atoms with E-state index in [1.54, 1.807) is 21.3 Å². The van der Waals surface area contributed by atoms with Gasteiger partial charge in [-0.1, -0.05) is 30.3 Å². The van der Waals surface area contributed by atoms with E-state index in [0.29, 0.717) is 13.1 Å². The van der Waals surface area contributed by atoms with Crippen molar-refractivity contribution in [3.8, 4) is 0 Å². The third-order valence-electron chi connectivity index (χ3n) is 5.14. The Bertz CT molecular complexity index is 1210. The number of carbonyl (C=O) groups is 1. The van der Waals surface area contributed by atoms with Crippen molar-refractivity contribution in [3.63, 3.8) is 0 Å². The summed E-state index contributed by atoms with van der Waals surface area (Å²) in [7, 11) is 0. The Labute approximate surface area is 177 Å². The summed E-state index contributed by atoms with van der Waals surface area (Å²) in [6.45, 7) is 2.79. The van der Waals surface area contributed by atoms with Crippen LogP contribution in [-0.2, 0) is 17.9 Å². The third kappa shape index (κ3) is 3.93. The highest BCUT2D eigenvalue weighted by Crippen LogP contribution is 2.26. The van der Waals surface area contributed by atoms with Crippen molar-refractivity contribution < 1.29 is 9.18 Å². The fraction of sp³-hybridized carbons (Fsp3) is 0.217. The molecule has 1 atom stereocenters. The molecular formula is C23H22FN3O2S. The maximum atomic E-state index is 13.3. The number of thiophene rings is 1. The van der Waals surface area contributed by atoms with Crippen molar-refractivity contribution in [2.24, 2.45) is 0 Å². The monoisotopic (exact) mass is 423 g/mol. The molecule has 0 spiro atoms. The van der Waals surface area contributed by atoms with Crippen LogP contribution in [-0.4, -0.2) is 15.0 Å². The second-order valence-electron chi connectivity index (χ2n) is 6.98. The summed E-state index contributed by atoms with van der Waals surface area (Å²) in [5.74, 6) is -0.486. The number of nitrogens with zero attached hydrogens (tertiary/aromatic N) is 2. The maximum absolute atomic E-state index is 13.3. The zero-order valence-corrected chi connectivity index (χ0v) is 17.4. The summed E-state index contributed by atoms with van der Waals surface area (Å²) in [4.78, 5) is 26.5. The number of rotatable bonds is 7. The average molecular weight is 424 g/mol. The largest absolute Gasteiger partial charge is 0.344 e. The summed E-state index contributed by atoms with van der Waals surface area (Å²) in [6.07, 6.45) is 0.167. The van der Waals surface area contributed by atoms with Gasteiger partial charge in [0.15, 0.2) is 0 Å². The van der Waals surface area contributed by atoms with Crippen LogP contribution in [0.4, 0.5) is 4.39 Å². The Morgan fingerprint density at radius 3 is 2.37 bits per heavy atom. The molecule has 1 N–H and O–H groups in total. The first-order valence-electron chi connectivity index (χ1n) is 9.84. The molecule has 5 nitrogen and oxygen atoms in total. The van der Waals surface area contributed by atoms with E-state index in [-0.39, 0.29) is 29.9 Å². The van der Waals surface area contributed by atoms with Gasteiger partial charge in [-0.2, -0.15) is 0 Å². The number of fused-ring (bicyclic) bond motifs is 1. The first kappa shape index (κ1) is 20.1. The van der Waals surface area contributed by atoms with Gasteiger partial charge in [-0.3, -0.25) is 13.9 Å². The minimum Gasteiger partial charge on any atom is -0.344 e. The Morgan fingerprint density at radius 1 is 1.03 bits per heavy atom. The second-order valence-corrected chi connectivity index (χ2v) is 7.96. The van der Waals surface area contributed by atoms with E-state index < -0.39 is 0 Å². The van der Waals surface area contributed by atoms with Crippen molar-refractivity contribution in [3.05, 3.63) is 92.8 Å². The lowest BCUT2D eigenvalue weighted by Gasteiger charge is -2.18. The molecule has 0 radical (unpaired) electrons. The van der Waals surface area contributed by atoms with E-state index in [1.807, 2.05) is 48.7 Å². The Morgan fingerprint density at radius 2 is 1.73 bits per heavy atom. The fourth-order valence-corrected chi connectivity index (χ4v) is 4.47. The zero-order valence-electron chi connectivity index (χ0n) is 16.5. The molecule has 2 aromatic carbocycles. The average Bonchev–Trinajstić information content (AvgIpc) is 3.37.